The van der Waals surface area contributed by atoms with E-state index in [-0.39, 0.29) is 34.5 Å². The summed E-state index contributed by atoms with van der Waals surface area (Å²) in [5.41, 5.74) is 0.895. The van der Waals surface area contributed by atoms with Gasteiger partial charge in [0.1, 0.15) is 12.4 Å². The molecular weight excluding hydrogens is 497 g/mol. The Morgan fingerprint density at radius 2 is 1.88 bits per heavy atom. The zero-order valence-electron chi connectivity index (χ0n) is 16.6. The highest BCUT2D eigenvalue weighted by atomic mass is 35.5. The van der Waals surface area contributed by atoms with E-state index in [1.54, 1.807) is 25.1 Å². The number of ether oxygens (including phenoxy) is 1. The lowest BCUT2D eigenvalue weighted by Gasteiger charge is -2.30. The van der Waals surface area contributed by atoms with Crippen LogP contribution in [0.15, 0.2) is 53.6 Å². The van der Waals surface area contributed by atoms with Gasteiger partial charge in [-0.3, -0.25) is 14.4 Å². The third kappa shape index (κ3) is 4.49. The maximum Gasteiger partial charge on any atom is 0.279 e. The number of sulfonamides is 1. The minimum absolute atomic E-state index is 0.0127. The molecule has 2 aromatic carbocycles. The van der Waals surface area contributed by atoms with Crippen LogP contribution < -0.4 is 14.4 Å². The van der Waals surface area contributed by atoms with Gasteiger partial charge in [0.15, 0.2) is 5.69 Å². The Kier molecular flexibility index (Phi) is 6.22. The number of rotatable bonds is 4. The van der Waals surface area contributed by atoms with Crippen molar-refractivity contribution in [3.05, 3.63) is 75.0 Å². The Morgan fingerprint density at radius 3 is 2.62 bits per heavy atom. The number of halogens is 3. The molecule has 0 unspecified atom stereocenters. The zero-order chi connectivity index (χ0) is 23.0. The molecule has 0 atom stereocenters. The van der Waals surface area contributed by atoms with Gasteiger partial charge in [0.25, 0.3) is 15.9 Å². The highest BCUT2D eigenvalue weighted by Gasteiger charge is 2.29. The zero-order valence-corrected chi connectivity index (χ0v) is 19.7. The van der Waals surface area contributed by atoms with Crippen LogP contribution in [0.5, 0.6) is 5.75 Å². The highest BCUT2D eigenvalue weighted by molar-refractivity contribution is 7.92. The number of nitrogens with one attached hydrogen (secondary N) is 1. The second kappa shape index (κ2) is 8.78. The Labute approximate surface area is 199 Å². The van der Waals surface area contributed by atoms with Crippen LogP contribution in [0.3, 0.4) is 0 Å². The summed E-state index contributed by atoms with van der Waals surface area (Å²) in [6.07, 6.45) is 1.28. The average molecular weight is 513 g/mol. The van der Waals surface area contributed by atoms with E-state index in [9.17, 15) is 13.2 Å². The predicted molar refractivity (Wildman–Crippen MR) is 125 cm³/mol. The summed E-state index contributed by atoms with van der Waals surface area (Å²) >= 11 is 18.2. The van der Waals surface area contributed by atoms with Crippen LogP contribution in [0, 0.1) is 6.92 Å². The molecule has 0 bridgehead atoms. The van der Waals surface area contributed by atoms with E-state index >= 15 is 0 Å². The third-order valence-corrected chi connectivity index (χ3v) is 7.00. The molecule has 0 aliphatic carbocycles. The number of amides is 1. The maximum absolute atomic E-state index is 13.4. The number of nitrogens with zero attached hydrogens (tertiary/aromatic N) is 2. The molecule has 3 aromatic rings. The van der Waals surface area contributed by atoms with Gasteiger partial charge in [-0.2, -0.15) is 0 Å². The fourth-order valence-corrected chi connectivity index (χ4v) is 4.79. The molecule has 0 saturated heterocycles. The van der Waals surface area contributed by atoms with Crippen molar-refractivity contribution in [2.24, 2.45) is 0 Å². The Bertz CT molecular complexity index is 1330. The number of hydrogen-bond acceptors (Lipinski definition) is 5. The molecule has 7 nitrogen and oxygen atoms in total. The molecule has 11 heteroatoms. The van der Waals surface area contributed by atoms with Crippen molar-refractivity contribution < 1.29 is 17.9 Å². The first-order valence-electron chi connectivity index (χ1n) is 9.34. The van der Waals surface area contributed by atoms with Crippen molar-refractivity contribution in [2.45, 2.75) is 11.8 Å². The van der Waals surface area contributed by atoms with Crippen molar-refractivity contribution in [1.82, 2.24) is 4.98 Å². The van der Waals surface area contributed by atoms with E-state index in [0.717, 1.165) is 0 Å². The van der Waals surface area contributed by atoms with Gasteiger partial charge in [0.05, 0.1) is 27.8 Å². The summed E-state index contributed by atoms with van der Waals surface area (Å²) in [5.74, 6) is -0.0415. The first-order valence-corrected chi connectivity index (χ1v) is 12.0. The molecule has 0 radical (unpaired) electrons. The molecule has 0 fully saturated rings. The van der Waals surface area contributed by atoms with Crippen LogP contribution in [0.25, 0.3) is 0 Å². The van der Waals surface area contributed by atoms with E-state index < -0.39 is 15.9 Å². The van der Waals surface area contributed by atoms with Crippen LogP contribution >= 0.6 is 34.8 Å². The van der Waals surface area contributed by atoms with Gasteiger partial charge < -0.3 is 4.74 Å². The monoisotopic (exact) mass is 511 g/mol. The molecule has 1 aliphatic rings. The van der Waals surface area contributed by atoms with Crippen molar-refractivity contribution in [3.8, 4) is 5.75 Å². The SMILES string of the molecule is Cc1cc(S(=O)(=O)Nc2cc(Cl)cnc2C(=O)N2CCOc3ccc(Cl)cc32)ccc1Cl. The molecule has 4 rings (SSSR count). The molecular formula is C21H16Cl3N3O4S. The average Bonchev–Trinajstić information content (AvgIpc) is 2.74. The van der Waals surface area contributed by atoms with Gasteiger partial charge in [-0.15, -0.1) is 0 Å². The van der Waals surface area contributed by atoms with E-state index in [2.05, 4.69) is 9.71 Å². The molecule has 1 aromatic heterocycles. The van der Waals surface area contributed by atoms with E-state index in [0.29, 0.717) is 27.0 Å². The van der Waals surface area contributed by atoms with Gasteiger partial charge in [0.2, 0.25) is 0 Å². The molecule has 0 spiro atoms. The number of aryl methyl sites for hydroxylation is 1. The quantitative estimate of drug-likeness (QED) is 0.520. The number of hydrogen-bond donors (Lipinski definition) is 1. The first kappa shape index (κ1) is 22.7. The van der Waals surface area contributed by atoms with Gasteiger partial charge >= 0.3 is 0 Å². The second-order valence-electron chi connectivity index (χ2n) is 6.98. The lowest BCUT2D eigenvalue weighted by Crippen LogP contribution is -2.38. The summed E-state index contributed by atoms with van der Waals surface area (Å²) in [6, 6.07) is 10.6. The second-order valence-corrected chi connectivity index (χ2v) is 9.95. The lowest BCUT2D eigenvalue weighted by molar-refractivity contribution is 0.0973. The Hall–Kier alpha value is -2.52. The number of fused-ring (bicyclic) bond motifs is 1. The van der Waals surface area contributed by atoms with Crippen LogP contribution in [0.1, 0.15) is 16.1 Å². The van der Waals surface area contributed by atoms with Crippen molar-refractivity contribution in [2.75, 3.05) is 22.8 Å². The summed E-state index contributed by atoms with van der Waals surface area (Å²) in [5, 5.41) is 1.03. The molecule has 2 heterocycles. The third-order valence-electron chi connectivity index (χ3n) is 4.77. The lowest BCUT2D eigenvalue weighted by atomic mass is 10.2. The molecule has 166 valence electrons. The molecule has 0 saturated carbocycles. The number of benzene rings is 2. The minimum Gasteiger partial charge on any atom is -0.490 e. The topological polar surface area (TPSA) is 88.6 Å². The van der Waals surface area contributed by atoms with Gasteiger partial charge in [0, 0.05) is 16.2 Å². The smallest absolute Gasteiger partial charge is 0.279 e. The number of carbonyl (C=O) groups excluding carboxylic acids is 1. The predicted octanol–water partition coefficient (Wildman–Crippen LogP) is 5.19. The van der Waals surface area contributed by atoms with E-state index in [4.69, 9.17) is 39.5 Å². The number of aromatic nitrogens is 1. The van der Waals surface area contributed by atoms with Crippen LogP contribution in [0.4, 0.5) is 11.4 Å². The Morgan fingerprint density at radius 1 is 1.09 bits per heavy atom. The standard InChI is InChI=1S/C21H16Cl3N3O4S/c1-12-8-15(3-4-16(12)24)32(29,30)26-17-9-14(23)11-25-20(17)21(28)27-6-7-31-19-5-2-13(22)10-18(19)27/h2-5,8-11,26H,6-7H2,1H3. The van der Waals surface area contributed by atoms with Gasteiger partial charge in [-0.25, -0.2) is 13.4 Å². The summed E-state index contributed by atoms with van der Waals surface area (Å²) < 4.78 is 34.0. The summed E-state index contributed by atoms with van der Waals surface area (Å²) in [6.45, 7) is 2.19. The number of anilines is 2. The van der Waals surface area contributed by atoms with Gasteiger partial charge in [-0.05, 0) is 55.0 Å². The van der Waals surface area contributed by atoms with E-state index in [1.165, 1.54) is 35.4 Å². The number of pyridine rings is 1. The van der Waals surface area contributed by atoms with Crippen LogP contribution in [-0.4, -0.2) is 32.5 Å². The van der Waals surface area contributed by atoms with Crippen molar-refractivity contribution >= 4 is 62.1 Å². The fraction of sp³-hybridized carbons (Fsp3) is 0.143. The minimum atomic E-state index is -4.05. The highest BCUT2D eigenvalue weighted by Crippen LogP contribution is 2.35. The summed E-state index contributed by atoms with van der Waals surface area (Å²) in [7, 11) is -4.05. The van der Waals surface area contributed by atoms with Crippen LogP contribution in [0.2, 0.25) is 15.1 Å². The van der Waals surface area contributed by atoms with Crippen molar-refractivity contribution in [3.63, 3.8) is 0 Å². The number of carbonyl (C=O) groups is 1. The molecule has 32 heavy (non-hydrogen) atoms. The molecule has 1 N–H and O–H groups in total. The maximum atomic E-state index is 13.4. The molecule has 1 aliphatic heterocycles. The normalized spacial score (nSPS) is 13.3. The largest absolute Gasteiger partial charge is 0.490 e. The van der Waals surface area contributed by atoms with Gasteiger partial charge in [-0.1, -0.05) is 34.8 Å². The molecule has 1 amide bonds. The Balaban J connectivity index is 1.73. The summed E-state index contributed by atoms with van der Waals surface area (Å²) in [4.78, 5) is 18.9. The van der Waals surface area contributed by atoms with Crippen molar-refractivity contribution in [1.29, 1.82) is 0 Å². The first-order chi connectivity index (χ1) is 15.2. The fourth-order valence-electron chi connectivity index (χ4n) is 3.21. The van der Waals surface area contributed by atoms with Crippen LogP contribution in [-0.2, 0) is 10.0 Å². The van der Waals surface area contributed by atoms with E-state index in [1.807, 2.05) is 0 Å².